The highest BCUT2D eigenvalue weighted by Gasteiger charge is 3.07. The normalized spacial score (nSPS) is 34.8. The smallest absolute Gasteiger partial charge is 0.396 e. The van der Waals surface area contributed by atoms with E-state index in [1.54, 1.807) is 0 Å². The Hall–Kier alpha value is -1.97. The van der Waals surface area contributed by atoms with Gasteiger partial charge in [0, 0.05) is 4.53 Å². The zero-order chi connectivity index (χ0) is 21.4. The van der Waals surface area contributed by atoms with Gasteiger partial charge in [-0.3, -0.25) is 4.94 Å². The topological polar surface area (TPSA) is 63.6 Å². The molecule has 0 heterocycles. The van der Waals surface area contributed by atoms with E-state index in [0.717, 1.165) is 0 Å². The van der Waals surface area contributed by atoms with Crippen LogP contribution in [0.1, 0.15) is 0 Å². The van der Waals surface area contributed by atoms with Gasteiger partial charge in [-0.15, -0.1) is 0 Å². The van der Waals surface area contributed by atoms with Crippen molar-refractivity contribution >= 4 is 11.9 Å². The van der Waals surface area contributed by atoms with Gasteiger partial charge in [0.05, 0.1) is 0 Å². The molecule has 0 bridgehead atoms. The summed E-state index contributed by atoms with van der Waals surface area (Å²) in [6.07, 6.45) is 0. The number of rotatable bonds is 3. The van der Waals surface area contributed by atoms with Crippen molar-refractivity contribution < 1.29 is 76.8 Å². The van der Waals surface area contributed by atoms with Gasteiger partial charge in [-0.1, -0.05) is 0 Å². The Balaban J connectivity index is 4.24. The van der Waals surface area contributed by atoms with E-state index in [1.807, 2.05) is 0 Å². The molecule has 0 saturated heterocycles. The molecule has 2 atom stereocenters. The lowest BCUT2D eigenvalue weighted by atomic mass is 9.62. The van der Waals surface area contributed by atoms with Gasteiger partial charge < -0.3 is 5.11 Å². The summed E-state index contributed by atoms with van der Waals surface area (Å²) in [5.41, 5.74) is -15.6. The van der Waals surface area contributed by atoms with Crippen LogP contribution in [0.2, 0.25) is 0 Å². The SMILES string of the molecule is O=C(O)C(F)(F)C1(F)C(F)(F)C(F)(F)C(F)(F)C(F)(F)C1(F)C(=O)OF. The van der Waals surface area contributed by atoms with Gasteiger partial charge in [0.2, 0.25) is 0 Å². The van der Waals surface area contributed by atoms with Crippen molar-refractivity contribution in [2.24, 2.45) is 0 Å². The fourth-order valence-electron chi connectivity index (χ4n) is 2.14. The molecule has 2 unspecified atom stereocenters. The molecular formula is C9HF13O4. The Morgan fingerprint density at radius 2 is 1.08 bits per heavy atom. The first-order chi connectivity index (χ1) is 11.2. The highest BCUT2D eigenvalue weighted by atomic mass is 19.4. The van der Waals surface area contributed by atoms with Crippen LogP contribution in [-0.4, -0.2) is 58.0 Å². The van der Waals surface area contributed by atoms with E-state index in [2.05, 4.69) is 0 Å². The molecule has 0 spiro atoms. The van der Waals surface area contributed by atoms with E-state index in [9.17, 15) is 66.8 Å². The van der Waals surface area contributed by atoms with Crippen LogP contribution in [0, 0.1) is 0 Å². The summed E-state index contributed by atoms with van der Waals surface area (Å²) in [6, 6.07) is 0. The van der Waals surface area contributed by atoms with E-state index >= 15 is 0 Å². The number of carboxylic acids is 1. The average Bonchev–Trinajstić information content (AvgIpc) is 2.49. The predicted molar refractivity (Wildman–Crippen MR) is 47.2 cm³/mol. The zero-order valence-electron chi connectivity index (χ0n) is 11.1. The molecule has 0 aromatic carbocycles. The van der Waals surface area contributed by atoms with Crippen LogP contribution in [-0.2, 0) is 14.5 Å². The highest BCUT2D eigenvalue weighted by Crippen LogP contribution is 2.72. The first-order valence-electron chi connectivity index (χ1n) is 5.51. The molecule has 0 aromatic rings. The van der Waals surface area contributed by atoms with E-state index in [0.29, 0.717) is 0 Å². The third-order valence-electron chi connectivity index (χ3n) is 3.58. The Morgan fingerprint density at radius 1 is 0.731 bits per heavy atom. The van der Waals surface area contributed by atoms with Crippen molar-refractivity contribution in [3.63, 3.8) is 0 Å². The molecule has 17 heteroatoms. The molecule has 0 aliphatic heterocycles. The highest BCUT2D eigenvalue weighted by molar-refractivity contribution is 5.88. The van der Waals surface area contributed by atoms with Gasteiger partial charge in [0.1, 0.15) is 0 Å². The van der Waals surface area contributed by atoms with Crippen LogP contribution in [0.4, 0.5) is 57.2 Å². The molecule has 1 N–H and O–H groups in total. The fourth-order valence-corrected chi connectivity index (χ4v) is 2.14. The van der Waals surface area contributed by atoms with E-state index < -0.39 is 52.9 Å². The first kappa shape index (κ1) is 22.1. The molecule has 26 heavy (non-hydrogen) atoms. The lowest BCUT2D eigenvalue weighted by Gasteiger charge is -2.54. The van der Waals surface area contributed by atoms with Crippen molar-refractivity contribution in [3.05, 3.63) is 0 Å². The Labute approximate surface area is 131 Å². The lowest BCUT2D eigenvalue weighted by Crippen LogP contribution is -2.90. The number of carbonyl (C=O) groups is 2. The average molecular weight is 420 g/mol. The number of aliphatic carboxylic acids is 1. The van der Waals surface area contributed by atoms with Gasteiger partial charge in [-0.25, -0.2) is 18.4 Å². The van der Waals surface area contributed by atoms with Crippen LogP contribution < -0.4 is 0 Å². The largest absolute Gasteiger partial charge is 0.477 e. The van der Waals surface area contributed by atoms with Gasteiger partial charge in [-0.05, 0) is 0 Å². The second kappa shape index (κ2) is 5.05. The van der Waals surface area contributed by atoms with Gasteiger partial charge in [0.25, 0.3) is 0 Å². The first-order valence-corrected chi connectivity index (χ1v) is 5.51. The minimum Gasteiger partial charge on any atom is -0.477 e. The fraction of sp³-hybridized carbons (Fsp3) is 0.778. The summed E-state index contributed by atoms with van der Waals surface area (Å²) >= 11 is 0. The van der Waals surface area contributed by atoms with E-state index in [4.69, 9.17) is 5.11 Å². The van der Waals surface area contributed by atoms with E-state index in [-0.39, 0.29) is 0 Å². The van der Waals surface area contributed by atoms with Crippen LogP contribution in [0.3, 0.4) is 0 Å². The second-order valence-corrected chi connectivity index (χ2v) is 4.86. The summed E-state index contributed by atoms with van der Waals surface area (Å²) < 4.78 is 173. The second-order valence-electron chi connectivity index (χ2n) is 4.86. The Bertz CT molecular complexity index is 646. The molecule has 1 saturated carbocycles. The van der Waals surface area contributed by atoms with Crippen LogP contribution in [0.5, 0.6) is 0 Å². The zero-order valence-corrected chi connectivity index (χ0v) is 11.1. The molecule has 1 rings (SSSR count). The quantitative estimate of drug-likeness (QED) is 0.714. The van der Waals surface area contributed by atoms with Crippen molar-refractivity contribution in [1.82, 2.24) is 0 Å². The third kappa shape index (κ3) is 1.73. The Kier molecular flexibility index (Phi) is 4.29. The van der Waals surface area contributed by atoms with Crippen molar-refractivity contribution in [3.8, 4) is 0 Å². The molecular weight excluding hydrogens is 419 g/mol. The Morgan fingerprint density at radius 3 is 1.38 bits per heavy atom. The molecule has 1 aliphatic carbocycles. The van der Waals surface area contributed by atoms with Crippen LogP contribution in [0.15, 0.2) is 0 Å². The van der Waals surface area contributed by atoms with E-state index in [1.165, 1.54) is 4.94 Å². The summed E-state index contributed by atoms with van der Waals surface area (Å²) in [7, 11) is 0. The summed E-state index contributed by atoms with van der Waals surface area (Å²) in [5.74, 6) is -47.9. The maximum atomic E-state index is 14.2. The van der Waals surface area contributed by atoms with Crippen molar-refractivity contribution in [2.75, 3.05) is 0 Å². The minimum absolute atomic E-state index is 1.48. The summed E-state index contributed by atoms with van der Waals surface area (Å²) in [4.78, 5) is 22.3. The third-order valence-corrected chi connectivity index (χ3v) is 3.58. The molecule has 1 fully saturated rings. The van der Waals surface area contributed by atoms with Gasteiger partial charge >= 0.3 is 52.9 Å². The number of halogens is 13. The number of carbonyl (C=O) groups excluding carboxylic acids is 1. The van der Waals surface area contributed by atoms with Crippen LogP contribution >= 0.6 is 0 Å². The molecule has 152 valence electrons. The monoisotopic (exact) mass is 420 g/mol. The predicted octanol–water partition coefficient (Wildman–Crippen LogP) is 3.11. The molecule has 0 amide bonds. The summed E-state index contributed by atoms with van der Waals surface area (Å²) in [6.45, 7) is 0. The standard InChI is InChI=1S/C9HF13O4/c10-3(2(25)26-22)5(13,4(11,12)1(23)24)7(16,17)9(20,21)8(18,19)6(3,14)15/h(H,23,24). The number of hydrogen-bond donors (Lipinski definition) is 1. The molecule has 0 aromatic heterocycles. The molecule has 0 radical (unpaired) electrons. The van der Waals surface area contributed by atoms with Crippen molar-refractivity contribution in [2.45, 2.75) is 41.0 Å². The maximum Gasteiger partial charge on any atom is 0.396 e. The molecule has 4 nitrogen and oxygen atoms in total. The molecule has 1 aliphatic rings. The number of hydrogen-bond acceptors (Lipinski definition) is 3. The van der Waals surface area contributed by atoms with Gasteiger partial charge in [0.15, 0.2) is 0 Å². The maximum absolute atomic E-state index is 14.2. The van der Waals surface area contributed by atoms with Crippen molar-refractivity contribution in [1.29, 1.82) is 0 Å². The lowest BCUT2D eigenvalue weighted by molar-refractivity contribution is -0.476. The van der Waals surface area contributed by atoms with Crippen LogP contribution in [0.25, 0.3) is 0 Å². The minimum atomic E-state index is -8.00. The number of alkyl halides is 12. The number of carboxylic acid groups (broad SMARTS) is 1. The summed E-state index contributed by atoms with van der Waals surface area (Å²) in [5, 5.41) is 7.94. The van der Waals surface area contributed by atoms with Gasteiger partial charge in [-0.2, -0.15) is 43.9 Å².